The second-order valence-electron chi connectivity index (χ2n) is 18.8. The number of amides is 1. The number of esters is 1. The molecule has 0 radical (unpaired) electrons. The Kier molecular flexibility index (Phi) is 32.5. The number of fused-ring (bicyclic) bond motifs is 3. The van der Waals surface area contributed by atoms with Gasteiger partial charge in [0.2, 0.25) is 5.79 Å². The van der Waals surface area contributed by atoms with Gasteiger partial charge in [-0.15, -0.1) is 6.58 Å². The Bertz CT molecular complexity index is 1490. The molecule has 0 aromatic heterocycles. The maximum absolute atomic E-state index is 14.1. The van der Waals surface area contributed by atoms with Crippen molar-refractivity contribution in [3.8, 4) is 0 Å². The molecule has 12 atom stereocenters. The lowest BCUT2D eigenvalue weighted by molar-refractivity contribution is -0.287. The molecule has 3 aliphatic heterocycles. The first-order valence-corrected chi connectivity index (χ1v) is 25.8. The highest BCUT2D eigenvalue weighted by molar-refractivity contribution is 8.00. The van der Waals surface area contributed by atoms with E-state index in [2.05, 4.69) is 32.6 Å². The summed E-state index contributed by atoms with van der Waals surface area (Å²) in [7, 11) is 5.97. The van der Waals surface area contributed by atoms with E-state index in [0.717, 1.165) is 88.9 Å². The van der Waals surface area contributed by atoms with E-state index >= 15 is 0 Å². The Morgan fingerprint density at radius 1 is 1.00 bits per heavy atom. The van der Waals surface area contributed by atoms with Gasteiger partial charge in [-0.25, -0.2) is 4.79 Å². The number of Topliss-reactive ketones (excluding diaryl/α,β-unsaturated/α-hetero) is 1. The number of aldehydes is 1. The summed E-state index contributed by atoms with van der Waals surface area (Å²) in [6.45, 7) is 16.1. The molecule has 1 aliphatic carbocycles. The highest BCUT2D eigenvalue weighted by Gasteiger charge is 2.55. The topological polar surface area (TPSA) is 199 Å². The average Bonchev–Trinajstić information content (AvgIpc) is 3.33. The van der Waals surface area contributed by atoms with Gasteiger partial charge in [0, 0.05) is 60.0 Å². The number of aliphatic hydroxyl groups excluding tert-OH is 3. The number of ether oxygens (including phenoxy) is 5. The van der Waals surface area contributed by atoms with Crippen LogP contribution in [0.4, 0.5) is 0 Å². The Hall–Kier alpha value is -2.47. The molecular weight excluding hydrogens is 879 g/mol. The lowest BCUT2D eigenvalue weighted by Gasteiger charge is -2.45. The lowest BCUT2D eigenvalue weighted by atomic mass is 9.83. The Labute approximate surface area is 408 Å². The van der Waals surface area contributed by atoms with Crippen LogP contribution in [0.5, 0.6) is 0 Å². The molecule has 2 bridgehead atoms. The van der Waals surface area contributed by atoms with E-state index in [1.54, 1.807) is 46.1 Å². The van der Waals surface area contributed by atoms with E-state index in [1.165, 1.54) is 10.5 Å². The fourth-order valence-corrected chi connectivity index (χ4v) is 10.4. The predicted molar refractivity (Wildman–Crippen MR) is 265 cm³/mol. The summed E-state index contributed by atoms with van der Waals surface area (Å²) < 4.78 is 28.7. The number of nitrogens with zero attached hydrogens (tertiary/aromatic N) is 1. The minimum Gasteiger partial charge on any atom is -0.456 e. The van der Waals surface area contributed by atoms with Crippen molar-refractivity contribution in [2.45, 2.75) is 192 Å². The van der Waals surface area contributed by atoms with Gasteiger partial charge in [0.1, 0.15) is 18.4 Å². The number of ketones is 1. The molecule has 4 rings (SSSR count). The third-order valence-electron chi connectivity index (χ3n) is 13.3. The number of aliphatic hydroxyl groups is 4. The summed E-state index contributed by atoms with van der Waals surface area (Å²) >= 11 is 1.58. The smallest absolute Gasteiger partial charge is 0.329 e. The molecule has 3 fully saturated rings. The van der Waals surface area contributed by atoms with Crippen molar-refractivity contribution in [1.29, 1.82) is 0 Å². The largest absolute Gasteiger partial charge is 0.456 e. The van der Waals surface area contributed by atoms with Crippen LogP contribution < -0.4 is 0 Å². The molecule has 2 saturated heterocycles. The molecule has 4 N–H and O–H groups in total. The maximum atomic E-state index is 14.1. The van der Waals surface area contributed by atoms with E-state index in [4.69, 9.17) is 33.9 Å². The first-order chi connectivity index (χ1) is 32.0. The summed E-state index contributed by atoms with van der Waals surface area (Å²) in [4.78, 5) is 53.9. The van der Waals surface area contributed by atoms with Gasteiger partial charge in [0.05, 0.1) is 29.7 Å². The van der Waals surface area contributed by atoms with Crippen LogP contribution in [-0.4, -0.2) is 151 Å². The molecule has 3 heterocycles. The van der Waals surface area contributed by atoms with Crippen LogP contribution >= 0.6 is 11.8 Å². The van der Waals surface area contributed by atoms with Crippen molar-refractivity contribution in [2.24, 2.45) is 23.7 Å². The van der Waals surface area contributed by atoms with Gasteiger partial charge in [0.15, 0.2) is 0 Å². The first-order valence-electron chi connectivity index (χ1n) is 24.8. The quantitative estimate of drug-likeness (QED) is 0.0491. The minimum absolute atomic E-state index is 0.0245. The summed E-state index contributed by atoms with van der Waals surface area (Å²) in [6, 6.07) is -0.986. The molecule has 0 aromatic rings. The monoisotopic (exact) mass is 970 g/mol. The summed E-state index contributed by atoms with van der Waals surface area (Å²) in [6.07, 6.45) is 16.9. The zero-order valence-electron chi connectivity index (χ0n) is 42.8. The van der Waals surface area contributed by atoms with Crippen LogP contribution in [0.3, 0.4) is 0 Å². The zero-order valence-corrected chi connectivity index (χ0v) is 43.6. The second kappa shape index (κ2) is 34.8. The number of piperidine rings is 1. The van der Waals surface area contributed by atoms with Crippen LogP contribution in [0, 0.1) is 23.7 Å². The number of cyclic esters (lactones) is 1. The van der Waals surface area contributed by atoms with Gasteiger partial charge in [-0.1, -0.05) is 51.0 Å². The molecule has 388 valence electrons. The third-order valence-corrected chi connectivity index (χ3v) is 14.6. The Morgan fingerprint density at radius 3 is 2.33 bits per heavy atom. The molecular formula is C52H91NO13S. The van der Waals surface area contributed by atoms with Crippen molar-refractivity contribution < 1.29 is 63.3 Å². The Morgan fingerprint density at radius 2 is 1.70 bits per heavy atom. The van der Waals surface area contributed by atoms with E-state index in [9.17, 15) is 29.4 Å². The summed E-state index contributed by atoms with van der Waals surface area (Å²) in [5, 5.41) is 38.8. The molecule has 67 heavy (non-hydrogen) atoms. The zero-order chi connectivity index (χ0) is 50.5. The predicted octanol–water partition coefficient (Wildman–Crippen LogP) is 7.57. The molecule has 4 aliphatic rings. The van der Waals surface area contributed by atoms with Gasteiger partial charge < -0.3 is 53.8 Å². The number of allylic oxidation sites excluding steroid dienone is 4. The number of hydrogen-bond acceptors (Lipinski definition) is 14. The number of hydrogen-bond donors (Lipinski definition) is 4. The van der Waals surface area contributed by atoms with Crippen molar-refractivity contribution in [3.63, 3.8) is 0 Å². The number of thioether (sulfide) groups is 1. The van der Waals surface area contributed by atoms with Crippen LogP contribution in [0.15, 0.2) is 36.0 Å². The number of methoxy groups -OCH3 is 3. The van der Waals surface area contributed by atoms with Gasteiger partial charge in [0.25, 0.3) is 11.7 Å². The van der Waals surface area contributed by atoms with Gasteiger partial charge in [-0.2, -0.15) is 11.8 Å². The van der Waals surface area contributed by atoms with Gasteiger partial charge in [-0.05, 0) is 140 Å². The standard InChI is InChI=1S/C40H65NO9.C8H16O3S.C3H6.CH4O/c1-25-13-8-9-17-33(42)29(5)36(27(3)22-30-14-12-15-31(24-30)47-6)49-39(45)32-16-10-11-20-41(32)38(44)37(43)40(46)28(4)23-35(48-7)34(50-40)19-18-26(2)21-25;1-11-5-3-8(7-10)12-6-2-4-9;1-3-2;1-2/h13,22,26,28-36,42,46H,8-12,14-21,23-24H2,1-7H3;7-9H,2-6H2,1H3;3H,1H2,2H3;2H,1H3/b25-13+,27-22+;;;/t26?,28?,29-,30?,31?,32+,33?,34?,35?,36?,40?;;;/m1.../s1. The SMILES string of the molecule is C=CC.CO.COC1CCCC(/C=C(\C)C2OC(=O)[C@@H]3CCCCN3C(=O)C(=O)C3(O)OC(CCC(C)C/C(C)=C/CCCC(O)[C@H]2C)C(OC)CC3C)C1.COCCC(C=O)SCCCO. The summed E-state index contributed by atoms with van der Waals surface area (Å²) in [5.74, 6) is -4.57. The van der Waals surface area contributed by atoms with Gasteiger partial charge in [-0.3, -0.25) is 9.59 Å². The van der Waals surface area contributed by atoms with Crippen molar-refractivity contribution in [2.75, 3.05) is 54.0 Å². The molecule has 0 spiro atoms. The van der Waals surface area contributed by atoms with Crippen molar-refractivity contribution >= 4 is 35.7 Å². The van der Waals surface area contributed by atoms with E-state index < -0.39 is 59.6 Å². The van der Waals surface area contributed by atoms with E-state index in [-0.39, 0.29) is 36.5 Å². The average molecular weight is 970 g/mol. The number of carbonyl (C=O) groups excluding carboxylic acids is 4. The lowest BCUT2D eigenvalue weighted by Crippen LogP contribution is -2.62. The molecule has 15 heteroatoms. The van der Waals surface area contributed by atoms with Crippen LogP contribution in [0.25, 0.3) is 0 Å². The Balaban J connectivity index is 0.00000113. The summed E-state index contributed by atoms with van der Waals surface area (Å²) in [5.41, 5.74) is 2.14. The van der Waals surface area contributed by atoms with E-state index in [0.29, 0.717) is 51.0 Å². The number of carbonyl (C=O) groups is 4. The van der Waals surface area contributed by atoms with Crippen LogP contribution in [0.1, 0.15) is 144 Å². The normalized spacial score (nSPS) is 32.9. The minimum atomic E-state index is -2.33. The highest BCUT2D eigenvalue weighted by atomic mass is 32.2. The molecule has 1 amide bonds. The fourth-order valence-electron chi connectivity index (χ4n) is 9.44. The number of rotatable bonds is 12. The molecule has 1 saturated carbocycles. The molecule has 0 aromatic carbocycles. The van der Waals surface area contributed by atoms with Crippen LogP contribution in [-0.2, 0) is 42.9 Å². The fraction of sp³-hybridized carbons (Fsp3) is 0.808. The van der Waals surface area contributed by atoms with Crippen molar-refractivity contribution in [3.05, 3.63) is 36.0 Å². The molecule has 14 nitrogen and oxygen atoms in total. The van der Waals surface area contributed by atoms with Crippen molar-refractivity contribution in [1.82, 2.24) is 4.90 Å². The van der Waals surface area contributed by atoms with E-state index in [1.807, 2.05) is 20.8 Å². The molecule has 10 unspecified atom stereocenters. The second-order valence-corrected chi connectivity index (χ2v) is 20.1. The third kappa shape index (κ3) is 21.2. The van der Waals surface area contributed by atoms with Crippen LogP contribution in [0.2, 0.25) is 0 Å². The van der Waals surface area contributed by atoms with Gasteiger partial charge >= 0.3 is 5.97 Å². The maximum Gasteiger partial charge on any atom is 0.329 e. The first kappa shape index (κ1) is 62.5. The highest BCUT2D eigenvalue weighted by Crippen LogP contribution is 2.38.